The Kier molecular flexibility index (Phi) is 4.46. The molecule has 1 aliphatic heterocycles. The van der Waals surface area contributed by atoms with Crippen molar-refractivity contribution in [2.75, 3.05) is 13.2 Å². The molecular weight excluding hydrogens is 389 g/mol. The van der Waals surface area contributed by atoms with Gasteiger partial charge in [-0.25, -0.2) is 0 Å². The average Bonchev–Trinajstić information content (AvgIpc) is 2.91. The number of fused-ring (bicyclic) bond motifs is 2. The van der Waals surface area contributed by atoms with Crippen LogP contribution >= 0.6 is 23.2 Å². The summed E-state index contributed by atoms with van der Waals surface area (Å²) in [6.07, 6.45) is 0. The summed E-state index contributed by atoms with van der Waals surface area (Å²) in [5, 5.41) is 10.7. The van der Waals surface area contributed by atoms with Crippen LogP contribution < -0.4 is 5.43 Å². The highest BCUT2D eigenvalue weighted by molar-refractivity contribution is 6.32. The fourth-order valence-electron chi connectivity index (χ4n) is 3.47. The number of aliphatic hydroxyl groups is 1. The first-order valence-corrected chi connectivity index (χ1v) is 9.12. The highest BCUT2D eigenvalue weighted by Crippen LogP contribution is 2.38. The van der Waals surface area contributed by atoms with E-state index in [1.54, 1.807) is 43.3 Å². The molecule has 1 N–H and O–H groups in total. The van der Waals surface area contributed by atoms with E-state index < -0.39 is 11.9 Å². The van der Waals surface area contributed by atoms with Gasteiger partial charge in [0.25, 0.3) is 5.91 Å². The number of carbonyl (C=O) groups is 1. The Labute approximate surface area is 164 Å². The second kappa shape index (κ2) is 6.68. The summed E-state index contributed by atoms with van der Waals surface area (Å²) in [6, 6.07) is 9.46. The third kappa shape index (κ3) is 2.83. The summed E-state index contributed by atoms with van der Waals surface area (Å²) in [5.41, 5.74) is 1.73. The number of nitrogens with zero attached hydrogens (tertiary/aromatic N) is 1. The van der Waals surface area contributed by atoms with E-state index in [-0.39, 0.29) is 29.9 Å². The minimum absolute atomic E-state index is 0.00243. The summed E-state index contributed by atoms with van der Waals surface area (Å²) in [5.74, 6) is -0.423. The van der Waals surface area contributed by atoms with Crippen LogP contribution in [0.15, 0.2) is 45.6 Å². The monoisotopic (exact) mass is 403 g/mol. The zero-order chi connectivity index (χ0) is 19.3. The number of benzene rings is 2. The lowest BCUT2D eigenvalue weighted by molar-refractivity contribution is 0.0691. The fraction of sp³-hybridized carbons (Fsp3) is 0.200. The molecule has 1 aromatic heterocycles. The lowest BCUT2D eigenvalue weighted by atomic mass is 9.98. The van der Waals surface area contributed by atoms with Gasteiger partial charge in [0.15, 0.2) is 5.43 Å². The van der Waals surface area contributed by atoms with Crippen molar-refractivity contribution >= 4 is 40.1 Å². The van der Waals surface area contributed by atoms with Crippen molar-refractivity contribution in [3.8, 4) is 0 Å². The van der Waals surface area contributed by atoms with E-state index >= 15 is 0 Å². The Bertz CT molecular complexity index is 1120. The molecule has 0 bridgehead atoms. The molecule has 7 heteroatoms. The van der Waals surface area contributed by atoms with Crippen LogP contribution in [-0.2, 0) is 0 Å². The standard InChI is InChI=1S/C20H15Cl2NO4/c1-10-8-15-13(9-14(10)22)18(25)16-17(11-2-4-12(21)5-3-11)23(6-7-24)20(26)19(16)27-15/h2-5,8-9,17,24H,6-7H2,1H3. The predicted octanol–water partition coefficient (Wildman–Crippen LogP) is 3.95. The Morgan fingerprint density at radius 3 is 2.52 bits per heavy atom. The zero-order valence-corrected chi connectivity index (χ0v) is 15.8. The number of hydrogen-bond donors (Lipinski definition) is 1. The van der Waals surface area contributed by atoms with Gasteiger partial charge in [0.05, 0.1) is 23.6 Å². The van der Waals surface area contributed by atoms with E-state index in [4.69, 9.17) is 27.6 Å². The normalized spacial score (nSPS) is 16.2. The van der Waals surface area contributed by atoms with Gasteiger partial charge in [-0.05, 0) is 42.3 Å². The Hall–Kier alpha value is -2.34. The van der Waals surface area contributed by atoms with Crippen molar-refractivity contribution < 1.29 is 14.3 Å². The van der Waals surface area contributed by atoms with Crippen LogP contribution in [0.3, 0.4) is 0 Å². The van der Waals surface area contributed by atoms with E-state index in [0.29, 0.717) is 26.6 Å². The van der Waals surface area contributed by atoms with Gasteiger partial charge in [0, 0.05) is 16.6 Å². The molecule has 0 aliphatic carbocycles. The largest absolute Gasteiger partial charge is 0.450 e. The SMILES string of the molecule is Cc1cc2oc3c(c(=O)c2cc1Cl)C(c1ccc(Cl)cc1)N(CCO)C3=O. The summed E-state index contributed by atoms with van der Waals surface area (Å²) in [6.45, 7) is 1.64. The van der Waals surface area contributed by atoms with Gasteiger partial charge in [-0.2, -0.15) is 0 Å². The fourth-order valence-corrected chi connectivity index (χ4v) is 3.76. The summed E-state index contributed by atoms with van der Waals surface area (Å²) in [4.78, 5) is 27.6. The quantitative estimate of drug-likeness (QED) is 0.718. The van der Waals surface area contributed by atoms with Crippen LogP contribution in [0, 0.1) is 6.92 Å². The van der Waals surface area contributed by atoms with Crippen LogP contribution in [0.5, 0.6) is 0 Å². The van der Waals surface area contributed by atoms with E-state index in [1.165, 1.54) is 4.90 Å². The second-order valence-electron chi connectivity index (χ2n) is 6.45. The number of rotatable bonds is 3. The summed E-state index contributed by atoms with van der Waals surface area (Å²) in [7, 11) is 0. The van der Waals surface area contributed by atoms with Crippen molar-refractivity contribution in [3.63, 3.8) is 0 Å². The molecule has 0 spiro atoms. The van der Waals surface area contributed by atoms with Crippen LogP contribution in [0.1, 0.15) is 33.3 Å². The molecule has 5 nitrogen and oxygen atoms in total. The number of β-amino-alcohol motifs (C(OH)–C–C–N with tert-alkyl or cyclic N) is 1. The molecule has 1 aliphatic rings. The van der Waals surface area contributed by atoms with Gasteiger partial charge in [-0.15, -0.1) is 0 Å². The first-order chi connectivity index (χ1) is 12.9. The Morgan fingerprint density at radius 1 is 1.15 bits per heavy atom. The summed E-state index contributed by atoms with van der Waals surface area (Å²) >= 11 is 12.2. The molecule has 0 radical (unpaired) electrons. The molecule has 0 fully saturated rings. The lowest BCUT2D eigenvalue weighted by Gasteiger charge is -2.24. The van der Waals surface area contributed by atoms with Crippen LogP contribution in [0.4, 0.5) is 0 Å². The molecule has 3 aromatic rings. The van der Waals surface area contributed by atoms with Crippen LogP contribution in [0.2, 0.25) is 10.0 Å². The average molecular weight is 404 g/mol. The zero-order valence-electron chi connectivity index (χ0n) is 14.3. The number of aryl methyl sites for hydroxylation is 1. The number of amides is 1. The maximum atomic E-state index is 13.2. The minimum Gasteiger partial charge on any atom is -0.450 e. The molecule has 1 atom stereocenters. The maximum absolute atomic E-state index is 13.2. The molecule has 4 rings (SSSR count). The Balaban J connectivity index is 2.02. The topological polar surface area (TPSA) is 70.8 Å². The maximum Gasteiger partial charge on any atom is 0.290 e. The number of halogens is 2. The number of hydrogen-bond acceptors (Lipinski definition) is 4. The number of carbonyl (C=O) groups excluding carboxylic acids is 1. The first kappa shape index (κ1) is 18.0. The van der Waals surface area contributed by atoms with Gasteiger partial charge in [-0.1, -0.05) is 35.3 Å². The third-order valence-electron chi connectivity index (χ3n) is 4.77. The molecule has 1 unspecified atom stereocenters. The van der Waals surface area contributed by atoms with Crippen molar-refractivity contribution in [2.45, 2.75) is 13.0 Å². The number of aliphatic hydroxyl groups excluding tert-OH is 1. The molecule has 2 heterocycles. The molecule has 2 aromatic carbocycles. The molecule has 0 saturated carbocycles. The van der Waals surface area contributed by atoms with E-state index in [1.807, 2.05) is 0 Å². The Morgan fingerprint density at radius 2 is 1.85 bits per heavy atom. The van der Waals surface area contributed by atoms with Gasteiger partial charge >= 0.3 is 0 Å². The lowest BCUT2D eigenvalue weighted by Crippen LogP contribution is -2.32. The van der Waals surface area contributed by atoms with Crippen molar-refractivity contribution in [2.24, 2.45) is 0 Å². The highest BCUT2D eigenvalue weighted by Gasteiger charge is 2.42. The molecule has 27 heavy (non-hydrogen) atoms. The predicted molar refractivity (Wildman–Crippen MR) is 104 cm³/mol. The first-order valence-electron chi connectivity index (χ1n) is 8.36. The molecule has 0 saturated heterocycles. The molecular formula is C20H15Cl2NO4. The minimum atomic E-state index is -0.655. The smallest absolute Gasteiger partial charge is 0.290 e. The molecule has 1 amide bonds. The summed E-state index contributed by atoms with van der Waals surface area (Å²) < 4.78 is 5.83. The van der Waals surface area contributed by atoms with Gasteiger partial charge in [0.1, 0.15) is 5.58 Å². The van der Waals surface area contributed by atoms with E-state index in [2.05, 4.69) is 0 Å². The van der Waals surface area contributed by atoms with Crippen molar-refractivity contribution in [3.05, 3.63) is 79.1 Å². The van der Waals surface area contributed by atoms with Crippen molar-refractivity contribution in [1.29, 1.82) is 0 Å². The van der Waals surface area contributed by atoms with Gasteiger partial charge in [0.2, 0.25) is 5.76 Å². The third-order valence-corrected chi connectivity index (χ3v) is 5.43. The van der Waals surface area contributed by atoms with E-state index in [9.17, 15) is 14.7 Å². The van der Waals surface area contributed by atoms with Crippen LogP contribution in [-0.4, -0.2) is 29.1 Å². The molecule has 138 valence electrons. The van der Waals surface area contributed by atoms with E-state index in [0.717, 1.165) is 5.56 Å². The van der Waals surface area contributed by atoms with Crippen molar-refractivity contribution in [1.82, 2.24) is 4.90 Å². The van der Waals surface area contributed by atoms with Gasteiger partial charge < -0.3 is 14.4 Å². The van der Waals surface area contributed by atoms with Crippen LogP contribution in [0.25, 0.3) is 11.0 Å². The second-order valence-corrected chi connectivity index (χ2v) is 7.29. The van der Waals surface area contributed by atoms with Gasteiger partial charge in [-0.3, -0.25) is 9.59 Å². The highest BCUT2D eigenvalue weighted by atomic mass is 35.5.